The largest absolute Gasteiger partial charge is 0.481 e. The van der Waals surface area contributed by atoms with Crippen molar-refractivity contribution in [3.05, 3.63) is 0 Å². The zero-order chi connectivity index (χ0) is 20.7. The van der Waals surface area contributed by atoms with E-state index < -0.39 is 59.1 Å². The van der Waals surface area contributed by atoms with Crippen LogP contribution in [0, 0.1) is 5.41 Å². The van der Waals surface area contributed by atoms with Gasteiger partial charge in [0.25, 0.3) is 0 Å². The van der Waals surface area contributed by atoms with Crippen molar-refractivity contribution in [1.82, 2.24) is 0 Å². The Morgan fingerprint density at radius 3 is 1.65 bits per heavy atom. The van der Waals surface area contributed by atoms with Gasteiger partial charge in [-0.2, -0.15) is 0 Å². The van der Waals surface area contributed by atoms with Crippen LogP contribution in [0.3, 0.4) is 0 Å². The average molecular weight is 374 g/mol. The number of carboxylic acids is 2. The number of rotatable bonds is 12. The Labute approximate surface area is 149 Å². The highest BCUT2D eigenvalue weighted by atomic mass is 16.5. The molecule has 0 fully saturated rings. The molecule has 3 N–H and O–H groups in total. The van der Waals surface area contributed by atoms with Gasteiger partial charge in [-0.15, -0.1) is 0 Å². The summed E-state index contributed by atoms with van der Waals surface area (Å²) < 4.78 is 4.71. The van der Waals surface area contributed by atoms with E-state index in [1.165, 1.54) is 0 Å². The fraction of sp³-hybridized carbons (Fsp3) is 0.625. The fourth-order valence-corrected chi connectivity index (χ4v) is 2.55. The van der Waals surface area contributed by atoms with E-state index in [1.807, 2.05) is 0 Å². The van der Waals surface area contributed by atoms with Crippen molar-refractivity contribution in [2.75, 3.05) is 6.61 Å². The maximum Gasteiger partial charge on any atom is 0.336 e. The summed E-state index contributed by atoms with van der Waals surface area (Å²) in [6.07, 6.45) is -2.53. The Kier molecular flexibility index (Phi) is 8.26. The van der Waals surface area contributed by atoms with Crippen molar-refractivity contribution in [3.8, 4) is 0 Å². The zero-order valence-corrected chi connectivity index (χ0v) is 14.7. The van der Waals surface area contributed by atoms with Crippen molar-refractivity contribution in [3.63, 3.8) is 0 Å². The van der Waals surface area contributed by atoms with E-state index in [0.29, 0.717) is 0 Å². The Balaban J connectivity index is 4.82. The molecule has 0 aliphatic carbocycles. The Morgan fingerprint density at radius 2 is 1.31 bits per heavy atom. The molecule has 0 saturated carbocycles. The maximum atomic E-state index is 11.7. The van der Waals surface area contributed by atoms with Gasteiger partial charge in [0, 0.05) is 0 Å². The number of hydrogen-bond acceptors (Lipinski definition) is 8. The van der Waals surface area contributed by atoms with Crippen molar-refractivity contribution < 1.29 is 48.8 Å². The van der Waals surface area contributed by atoms with Gasteiger partial charge in [0.05, 0.1) is 19.4 Å². The molecular formula is C16H22O10. The molecule has 0 aromatic carbocycles. The minimum atomic E-state index is -2.81. The quantitative estimate of drug-likeness (QED) is 0.235. The van der Waals surface area contributed by atoms with E-state index in [-0.39, 0.29) is 19.4 Å². The molecule has 1 unspecified atom stereocenters. The molecule has 146 valence electrons. The number of carbonyl (C=O) groups is 6. The third-order valence-corrected chi connectivity index (χ3v) is 4.04. The van der Waals surface area contributed by atoms with Crippen LogP contribution in [0.2, 0.25) is 0 Å². The summed E-state index contributed by atoms with van der Waals surface area (Å²) in [6.45, 7) is 2.96. The lowest BCUT2D eigenvalue weighted by atomic mass is 9.73. The van der Waals surface area contributed by atoms with Gasteiger partial charge in [-0.25, -0.2) is 4.79 Å². The molecule has 0 aliphatic rings. The number of Topliss-reactive ketones (excluding diaryl/α,β-unsaturated/α-hetero) is 3. The molecular weight excluding hydrogens is 352 g/mol. The fourth-order valence-electron chi connectivity index (χ4n) is 2.55. The van der Waals surface area contributed by atoms with Crippen LogP contribution in [0.5, 0.6) is 0 Å². The smallest absolute Gasteiger partial charge is 0.336 e. The molecule has 0 saturated heterocycles. The molecule has 0 spiro atoms. The van der Waals surface area contributed by atoms with Crippen molar-refractivity contribution >= 4 is 35.3 Å². The summed E-state index contributed by atoms with van der Waals surface area (Å²) in [5.74, 6) is -6.57. The number of carbonyl (C=O) groups excluding carboxylic acids is 4. The molecule has 0 aromatic rings. The SMILES string of the molecule is CC(=O)C(CCCOC(=O)CC(O)(CC(=O)O)C(=O)O)(C(C)=O)C(C)=O. The Morgan fingerprint density at radius 1 is 0.846 bits per heavy atom. The van der Waals surface area contributed by atoms with Gasteiger partial charge in [-0.3, -0.25) is 24.0 Å². The number of carboxylic acid groups (broad SMARTS) is 2. The van der Waals surface area contributed by atoms with E-state index in [2.05, 4.69) is 0 Å². The second-order valence-electron chi connectivity index (χ2n) is 5.98. The van der Waals surface area contributed by atoms with Gasteiger partial charge in [-0.05, 0) is 33.6 Å². The normalized spacial score (nSPS) is 13.4. The third-order valence-electron chi connectivity index (χ3n) is 4.04. The van der Waals surface area contributed by atoms with Gasteiger partial charge in [-0.1, -0.05) is 0 Å². The van der Waals surface area contributed by atoms with E-state index in [1.54, 1.807) is 0 Å². The third kappa shape index (κ3) is 5.73. The van der Waals surface area contributed by atoms with Gasteiger partial charge in [0.2, 0.25) is 0 Å². The highest BCUT2D eigenvalue weighted by Gasteiger charge is 2.45. The number of esters is 1. The molecule has 1 atom stereocenters. The zero-order valence-electron chi connectivity index (χ0n) is 14.7. The number of aliphatic carboxylic acids is 2. The molecule has 10 heteroatoms. The van der Waals surface area contributed by atoms with Crippen LogP contribution in [0.15, 0.2) is 0 Å². The molecule has 0 radical (unpaired) electrons. The molecule has 0 amide bonds. The lowest BCUT2D eigenvalue weighted by molar-refractivity contribution is -0.172. The number of hydrogen-bond donors (Lipinski definition) is 3. The van der Waals surface area contributed by atoms with Crippen LogP contribution in [0.1, 0.15) is 46.5 Å². The molecule has 0 aromatic heterocycles. The molecule has 0 heterocycles. The standard InChI is InChI=1S/C16H22O10/c1-9(17)16(10(2)18,11(3)19)5-4-6-26-13(22)8-15(25,14(23)24)7-12(20)21/h25H,4-8H2,1-3H3,(H,20,21)(H,23,24). The van der Waals surface area contributed by atoms with Crippen LogP contribution in [0.4, 0.5) is 0 Å². The van der Waals surface area contributed by atoms with Gasteiger partial charge in [0.15, 0.2) is 23.0 Å². The molecule has 26 heavy (non-hydrogen) atoms. The van der Waals surface area contributed by atoms with Crippen LogP contribution in [0.25, 0.3) is 0 Å². The summed E-state index contributed by atoms with van der Waals surface area (Å²) in [7, 11) is 0. The number of aliphatic hydroxyl groups is 1. The Hall–Kier alpha value is -2.62. The maximum absolute atomic E-state index is 11.7. The first-order valence-corrected chi connectivity index (χ1v) is 7.66. The first-order valence-electron chi connectivity index (χ1n) is 7.66. The second-order valence-corrected chi connectivity index (χ2v) is 5.98. The Bertz CT molecular complexity index is 584. The summed E-state index contributed by atoms with van der Waals surface area (Å²) in [6, 6.07) is 0. The monoisotopic (exact) mass is 374 g/mol. The number of ketones is 3. The lowest BCUT2D eigenvalue weighted by Crippen LogP contribution is -2.43. The summed E-state index contributed by atoms with van der Waals surface area (Å²) in [5.41, 5.74) is -4.64. The predicted octanol–water partition coefficient (Wildman–Crippen LogP) is -0.256. The van der Waals surface area contributed by atoms with E-state index in [4.69, 9.17) is 14.9 Å². The van der Waals surface area contributed by atoms with Gasteiger partial charge >= 0.3 is 17.9 Å². The first kappa shape index (κ1) is 23.4. The number of ether oxygens (including phenoxy) is 1. The molecule has 0 rings (SSSR count). The van der Waals surface area contributed by atoms with E-state index in [0.717, 1.165) is 20.8 Å². The summed E-state index contributed by atoms with van der Waals surface area (Å²) >= 11 is 0. The van der Waals surface area contributed by atoms with Crippen LogP contribution >= 0.6 is 0 Å². The summed E-state index contributed by atoms with van der Waals surface area (Å²) in [4.78, 5) is 68.4. The van der Waals surface area contributed by atoms with E-state index >= 15 is 0 Å². The van der Waals surface area contributed by atoms with Gasteiger partial charge in [0.1, 0.15) is 5.41 Å². The van der Waals surface area contributed by atoms with Crippen molar-refractivity contribution in [2.24, 2.45) is 5.41 Å². The van der Waals surface area contributed by atoms with Gasteiger partial charge < -0.3 is 20.1 Å². The van der Waals surface area contributed by atoms with Crippen LogP contribution in [-0.4, -0.2) is 62.8 Å². The predicted molar refractivity (Wildman–Crippen MR) is 84.1 cm³/mol. The first-order chi connectivity index (χ1) is 11.8. The van der Waals surface area contributed by atoms with Crippen molar-refractivity contribution in [2.45, 2.75) is 52.1 Å². The summed E-state index contributed by atoms with van der Waals surface area (Å²) in [5, 5.41) is 27.2. The topological polar surface area (TPSA) is 172 Å². The van der Waals surface area contributed by atoms with Crippen LogP contribution in [-0.2, 0) is 33.5 Å². The minimum Gasteiger partial charge on any atom is -0.481 e. The highest BCUT2D eigenvalue weighted by Crippen LogP contribution is 2.28. The molecule has 0 bridgehead atoms. The second kappa shape index (κ2) is 9.18. The average Bonchev–Trinajstić information content (AvgIpc) is 2.44. The molecule has 0 aliphatic heterocycles. The van der Waals surface area contributed by atoms with Crippen LogP contribution < -0.4 is 0 Å². The van der Waals surface area contributed by atoms with E-state index in [9.17, 15) is 33.9 Å². The highest BCUT2D eigenvalue weighted by molar-refractivity contribution is 6.22. The van der Waals surface area contributed by atoms with Crippen molar-refractivity contribution in [1.29, 1.82) is 0 Å². The lowest BCUT2D eigenvalue weighted by Gasteiger charge is -2.25. The minimum absolute atomic E-state index is 0.0467. The molecule has 10 nitrogen and oxygen atoms in total.